The van der Waals surface area contributed by atoms with Crippen LogP contribution in [0.2, 0.25) is 0 Å². The molecule has 0 fully saturated rings. The molecule has 5 nitrogen and oxygen atoms in total. The van der Waals surface area contributed by atoms with Crippen LogP contribution in [0.1, 0.15) is 26.8 Å². The van der Waals surface area contributed by atoms with E-state index >= 15 is 0 Å². The molecule has 1 aliphatic rings. The molecule has 0 amide bonds. The molecule has 0 radical (unpaired) electrons. The standard InChI is InChI=1S/C14H9ClFN3O2/c1-6-17-11-12(18-6)14(21)10(9(15)13(11)20)19-8-4-2-7(16)3-5-8/h2-5,19H,1H3,(H,17,18). The molecule has 3 rings (SSSR count). The Morgan fingerprint density at radius 1 is 1.19 bits per heavy atom. The lowest BCUT2D eigenvalue weighted by molar-refractivity contribution is 0.0977. The van der Waals surface area contributed by atoms with Crippen molar-refractivity contribution in [1.29, 1.82) is 0 Å². The highest BCUT2D eigenvalue weighted by molar-refractivity contribution is 6.49. The molecule has 2 aromatic rings. The number of imidazole rings is 1. The van der Waals surface area contributed by atoms with Gasteiger partial charge >= 0.3 is 0 Å². The van der Waals surface area contributed by atoms with Gasteiger partial charge in [0.2, 0.25) is 11.6 Å². The lowest BCUT2D eigenvalue weighted by atomic mass is 10.0. The Morgan fingerprint density at radius 2 is 1.86 bits per heavy atom. The zero-order chi connectivity index (χ0) is 15.1. The van der Waals surface area contributed by atoms with Crippen LogP contribution in [0.5, 0.6) is 0 Å². The molecule has 1 aromatic carbocycles. The van der Waals surface area contributed by atoms with Crippen molar-refractivity contribution in [2.75, 3.05) is 5.32 Å². The first-order chi connectivity index (χ1) is 9.97. The molecule has 2 N–H and O–H groups in total. The van der Waals surface area contributed by atoms with Crippen LogP contribution in [0.15, 0.2) is 35.0 Å². The molecule has 0 spiro atoms. The van der Waals surface area contributed by atoms with Gasteiger partial charge in [-0.15, -0.1) is 0 Å². The monoisotopic (exact) mass is 305 g/mol. The molecule has 7 heteroatoms. The number of fused-ring (bicyclic) bond motifs is 1. The third-order valence-electron chi connectivity index (χ3n) is 3.02. The Hall–Kier alpha value is -2.47. The number of hydrogen-bond acceptors (Lipinski definition) is 4. The number of hydrogen-bond donors (Lipinski definition) is 2. The second-order valence-corrected chi connectivity index (χ2v) is 4.90. The van der Waals surface area contributed by atoms with Gasteiger partial charge in [-0.2, -0.15) is 0 Å². The third-order valence-corrected chi connectivity index (χ3v) is 3.38. The van der Waals surface area contributed by atoms with E-state index in [-0.39, 0.29) is 22.1 Å². The summed E-state index contributed by atoms with van der Waals surface area (Å²) >= 11 is 5.97. The van der Waals surface area contributed by atoms with E-state index in [1.807, 2.05) is 0 Å². The number of nitrogens with one attached hydrogen (secondary N) is 2. The number of carbonyl (C=O) groups excluding carboxylic acids is 2. The first kappa shape index (κ1) is 13.5. The average Bonchev–Trinajstić information content (AvgIpc) is 2.85. The number of rotatable bonds is 2. The van der Waals surface area contributed by atoms with E-state index < -0.39 is 17.4 Å². The van der Waals surface area contributed by atoms with Gasteiger partial charge in [-0.1, -0.05) is 11.6 Å². The molecule has 0 bridgehead atoms. The largest absolute Gasteiger partial charge is 0.351 e. The van der Waals surface area contributed by atoms with Crippen molar-refractivity contribution in [3.8, 4) is 0 Å². The minimum atomic E-state index is -0.503. The van der Waals surface area contributed by atoms with Crippen LogP contribution in [0.4, 0.5) is 10.1 Å². The molecular formula is C14H9ClFN3O2. The molecule has 1 aliphatic carbocycles. The fourth-order valence-corrected chi connectivity index (χ4v) is 2.28. The van der Waals surface area contributed by atoms with Crippen LogP contribution in [0, 0.1) is 12.7 Å². The van der Waals surface area contributed by atoms with Gasteiger partial charge in [-0.25, -0.2) is 9.37 Å². The second-order valence-electron chi connectivity index (χ2n) is 4.52. The van der Waals surface area contributed by atoms with Crippen molar-refractivity contribution in [2.45, 2.75) is 6.92 Å². The summed E-state index contributed by atoms with van der Waals surface area (Å²) in [6.45, 7) is 1.64. The highest BCUT2D eigenvalue weighted by Gasteiger charge is 2.34. The van der Waals surface area contributed by atoms with E-state index in [0.717, 1.165) is 0 Å². The first-order valence-electron chi connectivity index (χ1n) is 6.05. The summed E-state index contributed by atoms with van der Waals surface area (Å²) in [5, 5.41) is 2.52. The predicted molar refractivity (Wildman–Crippen MR) is 74.9 cm³/mol. The fourth-order valence-electron chi connectivity index (χ4n) is 2.05. The Bertz CT molecular complexity index is 793. The van der Waals surface area contributed by atoms with Crippen molar-refractivity contribution >= 4 is 28.9 Å². The Balaban J connectivity index is 2.01. The number of benzene rings is 1. The lowest BCUT2D eigenvalue weighted by Gasteiger charge is -2.15. The number of H-pyrrole nitrogens is 1. The zero-order valence-corrected chi connectivity index (χ0v) is 11.6. The molecule has 0 aliphatic heterocycles. The Labute approximate surface area is 123 Å². The van der Waals surface area contributed by atoms with Gasteiger partial charge in [0.25, 0.3) is 0 Å². The van der Waals surface area contributed by atoms with Gasteiger partial charge in [-0.3, -0.25) is 9.59 Å². The van der Waals surface area contributed by atoms with Gasteiger partial charge in [-0.05, 0) is 31.2 Å². The van der Waals surface area contributed by atoms with Crippen molar-refractivity contribution in [3.05, 3.63) is 58.0 Å². The van der Waals surface area contributed by atoms with Crippen LogP contribution in [0.3, 0.4) is 0 Å². The fraction of sp³-hybridized carbons (Fsp3) is 0.0714. The van der Waals surface area contributed by atoms with E-state index in [9.17, 15) is 14.0 Å². The highest BCUT2D eigenvalue weighted by Crippen LogP contribution is 2.28. The van der Waals surface area contributed by atoms with Crippen molar-refractivity contribution < 1.29 is 14.0 Å². The molecule has 106 valence electrons. The number of carbonyl (C=O) groups is 2. The SMILES string of the molecule is Cc1nc2c([nH]1)C(=O)C(Cl)=C(Nc1ccc(F)cc1)C2=O. The van der Waals surface area contributed by atoms with Crippen molar-refractivity contribution in [3.63, 3.8) is 0 Å². The summed E-state index contributed by atoms with van der Waals surface area (Å²) in [4.78, 5) is 31.2. The van der Waals surface area contributed by atoms with Crippen molar-refractivity contribution in [1.82, 2.24) is 9.97 Å². The van der Waals surface area contributed by atoms with E-state index in [0.29, 0.717) is 11.5 Å². The number of allylic oxidation sites excluding steroid dienone is 2. The maximum Gasteiger partial charge on any atom is 0.231 e. The van der Waals surface area contributed by atoms with Gasteiger partial charge in [0.1, 0.15) is 33.8 Å². The van der Waals surface area contributed by atoms with E-state index in [1.54, 1.807) is 6.92 Å². The summed E-state index contributed by atoms with van der Waals surface area (Å²) < 4.78 is 12.9. The summed E-state index contributed by atoms with van der Waals surface area (Å²) in [5.41, 5.74) is 0.507. The van der Waals surface area contributed by atoms with Crippen LogP contribution in [-0.4, -0.2) is 21.5 Å². The van der Waals surface area contributed by atoms with Crippen LogP contribution in [-0.2, 0) is 0 Å². The average molecular weight is 306 g/mol. The lowest BCUT2D eigenvalue weighted by Crippen LogP contribution is -2.24. The minimum absolute atomic E-state index is 0.0338. The maximum absolute atomic E-state index is 12.9. The highest BCUT2D eigenvalue weighted by atomic mass is 35.5. The van der Waals surface area contributed by atoms with Gasteiger partial charge in [0, 0.05) is 5.69 Å². The van der Waals surface area contributed by atoms with Gasteiger partial charge in [0.05, 0.1) is 0 Å². The molecule has 0 atom stereocenters. The predicted octanol–water partition coefficient (Wildman–Crippen LogP) is 2.80. The second kappa shape index (κ2) is 4.82. The minimum Gasteiger partial charge on any atom is -0.351 e. The summed E-state index contributed by atoms with van der Waals surface area (Å²) in [6, 6.07) is 5.34. The van der Waals surface area contributed by atoms with Gasteiger partial charge in [0.15, 0.2) is 0 Å². The summed E-state index contributed by atoms with van der Waals surface area (Å²) in [6.07, 6.45) is 0. The number of ketones is 2. The number of nitrogens with zero attached hydrogens (tertiary/aromatic N) is 1. The number of anilines is 1. The molecular weight excluding hydrogens is 297 g/mol. The number of Topliss-reactive ketones (excluding diaryl/α,β-unsaturated/α-hetero) is 2. The molecule has 0 saturated heterocycles. The Kier molecular flexibility index (Phi) is 3.10. The van der Waals surface area contributed by atoms with Crippen LogP contribution in [0.25, 0.3) is 0 Å². The molecule has 21 heavy (non-hydrogen) atoms. The number of aryl methyl sites for hydroxylation is 1. The molecule has 1 aromatic heterocycles. The van der Waals surface area contributed by atoms with Crippen molar-refractivity contribution in [2.24, 2.45) is 0 Å². The topological polar surface area (TPSA) is 74.8 Å². The maximum atomic E-state index is 12.9. The number of aromatic amines is 1. The van der Waals surface area contributed by atoms with Crippen LogP contribution < -0.4 is 5.32 Å². The third kappa shape index (κ3) is 2.23. The smallest absolute Gasteiger partial charge is 0.231 e. The first-order valence-corrected chi connectivity index (χ1v) is 6.43. The van der Waals surface area contributed by atoms with Crippen LogP contribution >= 0.6 is 11.6 Å². The molecule has 0 saturated carbocycles. The van der Waals surface area contributed by atoms with E-state index in [2.05, 4.69) is 15.3 Å². The van der Waals surface area contributed by atoms with E-state index in [1.165, 1.54) is 24.3 Å². The van der Waals surface area contributed by atoms with E-state index in [4.69, 9.17) is 11.6 Å². The molecule has 0 unspecified atom stereocenters. The Morgan fingerprint density at radius 3 is 2.52 bits per heavy atom. The number of aromatic nitrogens is 2. The molecule has 1 heterocycles. The normalized spacial score (nSPS) is 14.4. The zero-order valence-electron chi connectivity index (χ0n) is 10.8. The summed E-state index contributed by atoms with van der Waals surface area (Å²) in [5.74, 6) is -0.939. The summed E-state index contributed by atoms with van der Waals surface area (Å²) in [7, 11) is 0. The van der Waals surface area contributed by atoms with Gasteiger partial charge < -0.3 is 10.3 Å². The number of halogens is 2. The quantitative estimate of drug-likeness (QED) is 0.894.